The number of hydrogen-bond donors (Lipinski definition) is 1. The van der Waals surface area contributed by atoms with E-state index < -0.39 is 17.3 Å². The second-order valence-corrected chi connectivity index (χ2v) is 19.9. The van der Waals surface area contributed by atoms with Crippen LogP contribution in [0, 0.1) is 17.2 Å². The molecule has 1 amide bonds. The van der Waals surface area contributed by atoms with E-state index in [0.717, 1.165) is 74.6 Å². The molecular weight excluding hydrogens is 804 g/mol. The van der Waals surface area contributed by atoms with Crippen molar-refractivity contribution in [2.24, 2.45) is 11.3 Å². The summed E-state index contributed by atoms with van der Waals surface area (Å²) in [5.74, 6) is -0.466. The fourth-order valence-electron chi connectivity index (χ4n) is 12.3. The summed E-state index contributed by atoms with van der Waals surface area (Å²) in [6.07, 6.45) is 11.9. The van der Waals surface area contributed by atoms with Crippen molar-refractivity contribution in [1.82, 2.24) is 38.5 Å². The van der Waals surface area contributed by atoms with Crippen molar-refractivity contribution in [3.8, 4) is 16.9 Å². The Morgan fingerprint density at radius 1 is 0.968 bits per heavy atom. The lowest BCUT2D eigenvalue weighted by molar-refractivity contribution is -0.0592. The Balaban J connectivity index is 1.02. The molecule has 1 N–H and O–H groups in total. The molecule has 4 aromatic heterocycles. The number of H-pyrrole nitrogens is 1. The normalized spacial score (nSPS) is 28.7. The number of benzene rings is 2. The van der Waals surface area contributed by atoms with Gasteiger partial charge in [-0.25, -0.2) is 14.0 Å². The van der Waals surface area contributed by atoms with Gasteiger partial charge >= 0.3 is 11.4 Å². The SMILES string of the molecule is COCC12CCC(n3ccn(-c4c(-c5ccc(F)cc5)nn5c4[C@H](C)N(C(=O)c4cc6cc([C@H]7CCOC(C)(C)C7)ccc6n4[C@@]4(c6noc(=O)[nH]6)C[C@@H]4C)CC5)c3=O)(CC1)CC2. The number of halogens is 1. The second-order valence-electron chi connectivity index (χ2n) is 19.9. The van der Waals surface area contributed by atoms with Crippen LogP contribution in [0.15, 0.2) is 75.0 Å². The van der Waals surface area contributed by atoms with E-state index in [1.807, 2.05) is 39.5 Å². The molecule has 5 fully saturated rings. The van der Waals surface area contributed by atoms with E-state index in [2.05, 4.69) is 53.7 Å². The Morgan fingerprint density at radius 3 is 2.38 bits per heavy atom. The van der Waals surface area contributed by atoms with Gasteiger partial charge in [0.1, 0.15) is 28.4 Å². The number of amides is 1. The van der Waals surface area contributed by atoms with Crippen LogP contribution in [0.2, 0.25) is 0 Å². The molecule has 4 aliphatic carbocycles. The number of carbonyl (C=O) groups is 1. The molecule has 14 nitrogen and oxygen atoms in total. The van der Waals surface area contributed by atoms with Gasteiger partial charge in [-0.3, -0.25) is 28.1 Å². The number of methoxy groups -OCH3 is 1. The van der Waals surface area contributed by atoms with E-state index in [1.165, 1.54) is 17.7 Å². The third-order valence-electron chi connectivity index (χ3n) is 15.8. The third kappa shape index (κ3) is 6.19. The summed E-state index contributed by atoms with van der Waals surface area (Å²) >= 11 is 0. The molecule has 6 heterocycles. The predicted octanol–water partition coefficient (Wildman–Crippen LogP) is 7.64. The number of aromatic amines is 1. The van der Waals surface area contributed by atoms with Gasteiger partial charge in [0.15, 0.2) is 5.82 Å². The highest BCUT2D eigenvalue weighted by atomic mass is 19.1. The molecule has 4 atom stereocenters. The second kappa shape index (κ2) is 14.2. The van der Waals surface area contributed by atoms with Crippen LogP contribution in [0.4, 0.5) is 4.39 Å². The maximum Gasteiger partial charge on any atom is 0.438 e. The molecule has 0 spiro atoms. The summed E-state index contributed by atoms with van der Waals surface area (Å²) in [7, 11) is 1.77. The van der Waals surface area contributed by atoms with Gasteiger partial charge in [0.25, 0.3) is 5.91 Å². The van der Waals surface area contributed by atoms with Crippen LogP contribution < -0.4 is 11.4 Å². The number of imidazole rings is 1. The average Bonchev–Trinajstić information content (AvgIpc) is 3.77. The lowest BCUT2D eigenvalue weighted by Crippen LogP contribution is -2.52. The van der Waals surface area contributed by atoms with Gasteiger partial charge < -0.3 is 18.9 Å². The molecule has 2 aliphatic heterocycles. The molecule has 330 valence electrons. The van der Waals surface area contributed by atoms with Crippen LogP contribution in [0.3, 0.4) is 0 Å². The van der Waals surface area contributed by atoms with Crippen molar-refractivity contribution >= 4 is 16.8 Å². The highest BCUT2D eigenvalue weighted by molar-refractivity contribution is 6.00. The minimum absolute atomic E-state index is 0.0431. The summed E-state index contributed by atoms with van der Waals surface area (Å²) in [5.41, 5.74) is 3.77. The maximum absolute atomic E-state index is 15.5. The van der Waals surface area contributed by atoms with Gasteiger partial charge in [-0.15, -0.1) is 0 Å². The van der Waals surface area contributed by atoms with E-state index >= 15 is 4.79 Å². The first-order chi connectivity index (χ1) is 30.3. The fourth-order valence-corrected chi connectivity index (χ4v) is 12.3. The summed E-state index contributed by atoms with van der Waals surface area (Å²) in [6, 6.07) is 14.1. The molecule has 6 aromatic rings. The standard InChI is InChI=1S/C48H55FN8O6/c1-29-26-48(29,42-50-43(59)63-52-42)57-36-11-8-32(33-12-23-62-45(3,4)27-33)24-34(36)25-37(57)41(58)53-20-22-56-39(30(53)2)40(38(51-56)31-6-9-35(49)10-7-31)54-19-21-55(44(54)60)47-16-13-46(14-17-47,15-18-47)28-61-5/h6-11,19,21,24-25,29-30,33H,12-18,20,22-23,26-28H2,1-5H3,(H,50,52,59)/t29-,30-,33-,46?,47?,48-/m0/s1. The number of nitrogens with one attached hydrogen (secondary N) is 1. The van der Waals surface area contributed by atoms with Crippen molar-refractivity contribution in [2.45, 2.75) is 121 Å². The zero-order chi connectivity index (χ0) is 43.6. The molecule has 4 saturated carbocycles. The highest BCUT2D eigenvalue weighted by Gasteiger charge is 2.59. The number of carbonyl (C=O) groups excluding carboxylic acids is 1. The fraction of sp³-hybridized carbons (Fsp3) is 0.521. The Hall–Kier alpha value is -5.54. The first-order valence-corrected chi connectivity index (χ1v) is 22.6. The number of rotatable bonds is 9. The van der Waals surface area contributed by atoms with Crippen molar-refractivity contribution in [3.63, 3.8) is 0 Å². The van der Waals surface area contributed by atoms with Crippen molar-refractivity contribution < 1.29 is 23.2 Å². The van der Waals surface area contributed by atoms with Gasteiger partial charge in [-0.1, -0.05) is 18.1 Å². The Bertz CT molecular complexity index is 2870. The number of hydrogen-bond acceptors (Lipinski definition) is 8. The molecular formula is C48H55FN8O6. The molecule has 12 rings (SSSR count). The summed E-state index contributed by atoms with van der Waals surface area (Å²) in [4.78, 5) is 47.5. The predicted molar refractivity (Wildman–Crippen MR) is 233 cm³/mol. The zero-order valence-electron chi connectivity index (χ0n) is 36.7. The van der Waals surface area contributed by atoms with Crippen LogP contribution >= 0.6 is 0 Å². The van der Waals surface area contributed by atoms with Gasteiger partial charge in [0, 0.05) is 54.7 Å². The third-order valence-corrected chi connectivity index (χ3v) is 15.8. The first kappa shape index (κ1) is 40.2. The monoisotopic (exact) mass is 858 g/mol. The number of ether oxygens (including phenoxy) is 2. The number of aromatic nitrogens is 7. The largest absolute Gasteiger partial charge is 0.438 e. The van der Waals surface area contributed by atoms with Gasteiger partial charge in [-0.2, -0.15) is 5.10 Å². The van der Waals surface area contributed by atoms with E-state index in [4.69, 9.17) is 19.1 Å². The Kier molecular flexibility index (Phi) is 9.09. The highest BCUT2D eigenvalue weighted by Crippen LogP contribution is 2.57. The van der Waals surface area contributed by atoms with E-state index in [-0.39, 0.29) is 39.9 Å². The minimum atomic E-state index is -0.806. The lowest BCUT2D eigenvalue weighted by Gasteiger charge is -2.53. The van der Waals surface area contributed by atoms with Crippen LogP contribution in [0.25, 0.3) is 27.8 Å². The topological polar surface area (TPSA) is 147 Å². The van der Waals surface area contributed by atoms with Crippen molar-refractivity contribution in [3.05, 3.63) is 111 Å². The molecule has 63 heavy (non-hydrogen) atoms. The molecule has 2 aromatic carbocycles. The van der Waals surface area contributed by atoms with E-state index in [9.17, 15) is 14.0 Å². The Labute approximate surface area is 363 Å². The van der Waals surface area contributed by atoms with Gasteiger partial charge in [0.2, 0.25) is 0 Å². The summed E-state index contributed by atoms with van der Waals surface area (Å²) < 4.78 is 38.7. The molecule has 0 radical (unpaired) electrons. The van der Waals surface area contributed by atoms with Crippen molar-refractivity contribution in [2.75, 3.05) is 26.9 Å². The zero-order valence-corrected chi connectivity index (χ0v) is 36.7. The molecule has 2 bridgehead atoms. The first-order valence-electron chi connectivity index (χ1n) is 22.6. The van der Waals surface area contributed by atoms with Crippen LogP contribution in [0.5, 0.6) is 0 Å². The smallest absolute Gasteiger partial charge is 0.384 e. The lowest BCUT2D eigenvalue weighted by atomic mass is 9.57. The molecule has 15 heteroatoms. The van der Waals surface area contributed by atoms with Crippen LogP contribution in [-0.2, 0) is 27.1 Å². The molecule has 1 saturated heterocycles. The summed E-state index contributed by atoms with van der Waals surface area (Å²) in [6.45, 7) is 10.5. The maximum atomic E-state index is 15.5. The van der Waals surface area contributed by atoms with Crippen molar-refractivity contribution in [1.29, 1.82) is 0 Å². The van der Waals surface area contributed by atoms with Crippen LogP contribution in [-0.4, -0.2) is 76.9 Å². The molecule has 6 aliphatic rings. The average molecular weight is 859 g/mol. The van der Waals surface area contributed by atoms with E-state index in [0.29, 0.717) is 60.5 Å². The summed E-state index contributed by atoms with van der Waals surface area (Å²) in [5, 5.41) is 10.2. The minimum Gasteiger partial charge on any atom is -0.384 e. The Morgan fingerprint density at radius 2 is 1.71 bits per heavy atom. The quantitative estimate of drug-likeness (QED) is 0.156. The number of nitrogens with zero attached hydrogens (tertiary/aromatic N) is 7. The van der Waals surface area contributed by atoms with E-state index in [1.54, 1.807) is 23.8 Å². The van der Waals surface area contributed by atoms with Crippen LogP contribution in [0.1, 0.15) is 125 Å². The number of fused-ring (bicyclic) bond motifs is 5. The van der Waals surface area contributed by atoms with Gasteiger partial charge in [-0.05, 0) is 144 Å². The molecule has 0 unspecified atom stereocenters. The van der Waals surface area contributed by atoms with Gasteiger partial charge in [0.05, 0.1) is 30.5 Å².